The summed E-state index contributed by atoms with van der Waals surface area (Å²) in [5, 5.41) is 27.1. The molecule has 2 aliphatic heterocycles. The van der Waals surface area contributed by atoms with Gasteiger partial charge in [0.05, 0.1) is 16.3 Å². The molecular weight excluding hydrogens is 320 g/mol. The molecular formula is C11H14N2O6S2. The molecule has 21 heavy (non-hydrogen) atoms. The summed E-state index contributed by atoms with van der Waals surface area (Å²) in [6.07, 6.45) is -0.869. The molecule has 0 aromatic carbocycles. The van der Waals surface area contributed by atoms with Gasteiger partial charge < -0.3 is 21.1 Å². The molecule has 4 atom stereocenters. The van der Waals surface area contributed by atoms with Gasteiger partial charge in [-0.2, -0.15) is 0 Å². The van der Waals surface area contributed by atoms with Crippen LogP contribution >= 0.6 is 23.5 Å². The van der Waals surface area contributed by atoms with Crippen LogP contribution in [0.4, 0.5) is 0 Å². The number of nitrogens with two attached hydrogens (primary N) is 1. The van der Waals surface area contributed by atoms with Gasteiger partial charge in [0.2, 0.25) is 5.91 Å². The number of rotatable bonds is 6. The summed E-state index contributed by atoms with van der Waals surface area (Å²) in [5.74, 6) is -3.51. The molecule has 1 unspecified atom stereocenters. The topological polar surface area (TPSA) is 141 Å². The summed E-state index contributed by atoms with van der Waals surface area (Å²) >= 11 is 2.15. The molecule has 0 aromatic rings. The van der Waals surface area contributed by atoms with Crippen molar-refractivity contribution in [3.05, 3.63) is 9.93 Å². The highest BCUT2D eigenvalue weighted by atomic mass is 32.2. The highest BCUT2D eigenvalue weighted by Gasteiger charge is 2.57. The number of nitrogens with zero attached hydrogens (tertiary/aromatic N) is 1. The Bertz CT molecular complexity index is 535. The van der Waals surface area contributed by atoms with Gasteiger partial charge in [-0.1, -0.05) is 11.8 Å². The summed E-state index contributed by atoms with van der Waals surface area (Å²) in [6.45, 7) is 1.48. The Balaban J connectivity index is 2.15. The number of amides is 1. The van der Waals surface area contributed by atoms with E-state index in [-0.39, 0.29) is 11.4 Å². The van der Waals surface area contributed by atoms with Gasteiger partial charge in [-0.25, -0.2) is 4.79 Å². The van der Waals surface area contributed by atoms with Crippen LogP contribution in [0.1, 0.15) is 6.92 Å². The molecule has 2 aliphatic rings. The van der Waals surface area contributed by atoms with Crippen LogP contribution < -0.4 is 5.73 Å². The number of hydrogen-bond acceptors (Lipinski definition) is 7. The Morgan fingerprint density at radius 1 is 1.48 bits per heavy atom. The monoisotopic (exact) mass is 334 g/mol. The van der Waals surface area contributed by atoms with Crippen LogP contribution in [0.3, 0.4) is 0 Å². The maximum absolute atomic E-state index is 11.9. The van der Waals surface area contributed by atoms with Gasteiger partial charge >= 0.3 is 11.9 Å². The first-order valence-electron chi connectivity index (χ1n) is 6.02. The maximum Gasteiger partial charge on any atom is 0.354 e. The zero-order valence-corrected chi connectivity index (χ0v) is 12.6. The van der Waals surface area contributed by atoms with E-state index in [0.29, 0.717) is 4.24 Å². The van der Waals surface area contributed by atoms with Crippen molar-refractivity contribution in [2.45, 2.75) is 24.4 Å². The quantitative estimate of drug-likeness (QED) is 0.464. The third-order valence-electron chi connectivity index (χ3n) is 3.18. The van der Waals surface area contributed by atoms with Crippen molar-refractivity contribution < 1.29 is 29.7 Å². The molecule has 116 valence electrons. The number of hydrogen-bond donors (Lipinski definition) is 4. The number of aliphatic hydroxyl groups is 1. The van der Waals surface area contributed by atoms with E-state index < -0.39 is 41.3 Å². The molecule has 0 saturated carbocycles. The molecule has 8 nitrogen and oxygen atoms in total. The normalized spacial score (nSPS) is 27.2. The molecule has 1 saturated heterocycles. The fourth-order valence-corrected chi connectivity index (χ4v) is 4.98. The Labute approximate surface area is 128 Å². The van der Waals surface area contributed by atoms with Crippen LogP contribution in [0.2, 0.25) is 0 Å². The largest absolute Gasteiger partial charge is 0.480 e. The average molecular weight is 334 g/mol. The number of β-lactam (4-membered cyclic amide) rings is 1. The summed E-state index contributed by atoms with van der Waals surface area (Å²) < 4.78 is 0.348. The minimum absolute atomic E-state index is 0.00252. The molecule has 0 spiro atoms. The summed E-state index contributed by atoms with van der Waals surface area (Å²) in [6, 6.07) is -1.12. The van der Waals surface area contributed by atoms with E-state index in [1.54, 1.807) is 0 Å². The van der Waals surface area contributed by atoms with Gasteiger partial charge in [-0.3, -0.25) is 14.5 Å². The minimum Gasteiger partial charge on any atom is -0.480 e. The number of thioether (sulfide) groups is 2. The Kier molecular flexibility index (Phi) is 4.51. The van der Waals surface area contributed by atoms with Crippen LogP contribution in [-0.4, -0.2) is 61.3 Å². The van der Waals surface area contributed by atoms with Crippen molar-refractivity contribution >= 4 is 41.4 Å². The summed E-state index contributed by atoms with van der Waals surface area (Å²) in [7, 11) is 0. The minimum atomic E-state index is -1.26. The number of aliphatic carboxylic acids is 2. The van der Waals surface area contributed by atoms with E-state index in [4.69, 9.17) is 10.8 Å². The van der Waals surface area contributed by atoms with Gasteiger partial charge in [0, 0.05) is 5.75 Å². The third kappa shape index (κ3) is 2.76. The molecule has 0 radical (unpaired) electrons. The lowest BCUT2D eigenvalue weighted by Gasteiger charge is -2.43. The standard InChI is InChI=1S/C11H14N2O6S2/c1-3(14)5-7(15)13-6(10(18)19)11(21-8(5)13)20-2-4(12)9(16)17/h3-5,8,14H,2,12H2,1H3,(H,16,17)(H,18,19)/t3?,4-,5+,8-/m1/s1. The van der Waals surface area contributed by atoms with E-state index in [9.17, 15) is 24.6 Å². The third-order valence-corrected chi connectivity index (χ3v) is 5.96. The van der Waals surface area contributed by atoms with Crippen molar-refractivity contribution in [2.75, 3.05) is 5.75 Å². The smallest absolute Gasteiger partial charge is 0.354 e. The van der Waals surface area contributed by atoms with Crippen molar-refractivity contribution in [2.24, 2.45) is 11.7 Å². The highest BCUT2D eigenvalue weighted by molar-refractivity contribution is 8.22. The van der Waals surface area contributed by atoms with Crippen LogP contribution in [0, 0.1) is 5.92 Å². The first kappa shape index (κ1) is 16.1. The fraction of sp³-hybridized carbons (Fsp3) is 0.545. The second-order valence-corrected chi connectivity index (χ2v) is 7.10. The Morgan fingerprint density at radius 2 is 2.10 bits per heavy atom. The van der Waals surface area contributed by atoms with Crippen LogP contribution in [0.15, 0.2) is 9.93 Å². The number of carboxylic acids is 2. The summed E-state index contributed by atoms with van der Waals surface area (Å²) in [4.78, 5) is 35.0. The fourth-order valence-electron chi connectivity index (χ4n) is 2.09. The van der Waals surface area contributed by atoms with Crippen molar-refractivity contribution in [1.29, 1.82) is 0 Å². The lowest BCUT2D eigenvalue weighted by Crippen LogP contribution is -2.60. The van der Waals surface area contributed by atoms with Gasteiger partial charge in [0.1, 0.15) is 11.4 Å². The second kappa shape index (κ2) is 5.87. The Morgan fingerprint density at radius 3 is 2.57 bits per heavy atom. The second-order valence-electron chi connectivity index (χ2n) is 4.68. The molecule has 2 rings (SSSR count). The zero-order chi connectivity index (χ0) is 15.9. The van der Waals surface area contributed by atoms with Crippen molar-refractivity contribution in [1.82, 2.24) is 4.90 Å². The molecule has 0 aliphatic carbocycles. The van der Waals surface area contributed by atoms with E-state index in [0.717, 1.165) is 28.4 Å². The zero-order valence-electron chi connectivity index (χ0n) is 10.9. The predicted octanol–water partition coefficient (Wildman–Crippen LogP) is -0.703. The highest BCUT2D eigenvalue weighted by Crippen LogP contribution is 2.53. The van der Waals surface area contributed by atoms with Crippen molar-refractivity contribution in [3.63, 3.8) is 0 Å². The van der Waals surface area contributed by atoms with E-state index >= 15 is 0 Å². The predicted molar refractivity (Wildman–Crippen MR) is 76.1 cm³/mol. The lowest BCUT2D eigenvalue weighted by molar-refractivity contribution is -0.156. The Hall–Kier alpha value is -1.23. The van der Waals surface area contributed by atoms with Gasteiger partial charge in [-0.05, 0) is 6.92 Å². The molecule has 0 aromatic heterocycles. The summed E-state index contributed by atoms with van der Waals surface area (Å²) in [5.41, 5.74) is 5.23. The van der Waals surface area contributed by atoms with E-state index in [1.807, 2.05) is 0 Å². The average Bonchev–Trinajstić information content (AvgIpc) is 2.69. The van der Waals surface area contributed by atoms with E-state index in [2.05, 4.69) is 0 Å². The van der Waals surface area contributed by atoms with Crippen LogP contribution in [-0.2, 0) is 14.4 Å². The number of fused-ring (bicyclic) bond motifs is 1. The van der Waals surface area contributed by atoms with Gasteiger partial charge in [-0.15, -0.1) is 11.8 Å². The SMILES string of the molecule is CC(O)[C@H]1C(=O)N2C(C(=O)O)=C(SC[C@@H](N)C(=O)O)S[C@H]12. The first-order valence-corrected chi connectivity index (χ1v) is 7.88. The molecule has 0 bridgehead atoms. The van der Waals surface area contributed by atoms with Gasteiger partial charge in [0.15, 0.2) is 5.70 Å². The number of carbonyl (C=O) groups is 3. The molecule has 2 heterocycles. The molecule has 1 amide bonds. The van der Waals surface area contributed by atoms with Crippen LogP contribution in [0.5, 0.6) is 0 Å². The van der Waals surface area contributed by atoms with Crippen molar-refractivity contribution in [3.8, 4) is 0 Å². The molecule has 5 N–H and O–H groups in total. The van der Waals surface area contributed by atoms with Crippen LogP contribution in [0.25, 0.3) is 0 Å². The maximum atomic E-state index is 11.9. The van der Waals surface area contributed by atoms with E-state index in [1.165, 1.54) is 6.92 Å². The molecule has 10 heteroatoms. The number of carboxylic acid groups (broad SMARTS) is 2. The number of aliphatic hydroxyl groups excluding tert-OH is 1. The van der Waals surface area contributed by atoms with Gasteiger partial charge in [0.25, 0.3) is 0 Å². The number of carbonyl (C=O) groups excluding carboxylic acids is 1. The lowest BCUT2D eigenvalue weighted by atomic mass is 9.92. The first-order chi connectivity index (χ1) is 9.75. The molecule has 1 fully saturated rings.